The fraction of sp³-hybridized carbons (Fsp3) is 0. The van der Waals surface area contributed by atoms with Gasteiger partial charge in [0, 0.05) is 39.9 Å². The first-order chi connectivity index (χ1) is 27.8. The normalized spacial score (nSPS) is 12.4. The minimum absolute atomic E-state index is 0.0655. The molecule has 11 rings (SSSR count). The number of benzene rings is 9. The Balaban J connectivity index is 1.16. The average molecular weight is 715 g/mol. The van der Waals surface area contributed by atoms with Gasteiger partial charge in [-0.3, -0.25) is 0 Å². The summed E-state index contributed by atoms with van der Waals surface area (Å²) >= 11 is 0. The zero-order chi connectivity index (χ0) is 37.0. The molecular weight excluding hydrogens is 679 g/mol. The summed E-state index contributed by atoms with van der Waals surface area (Å²) < 4.78 is 7.13. The zero-order valence-corrected chi connectivity index (χ0v) is 30.6. The SMILES string of the molecule is c1ccc(-c2ccc(N3c4ccc(-c5ccccc5)cc4B4c5c(cccc53)Oc3cc(N(c5ccccc5)c5ccccc5)c5ccccc5c34)cc2)cc1. The lowest BCUT2D eigenvalue weighted by molar-refractivity contribution is 0.488. The molecule has 0 bridgehead atoms. The maximum Gasteiger partial charge on any atom is 0.257 e. The van der Waals surface area contributed by atoms with Gasteiger partial charge in [0.1, 0.15) is 11.5 Å². The third-order valence-electron chi connectivity index (χ3n) is 11.3. The van der Waals surface area contributed by atoms with Crippen molar-refractivity contribution in [2.75, 3.05) is 9.80 Å². The van der Waals surface area contributed by atoms with Crippen LogP contribution in [0.1, 0.15) is 0 Å². The van der Waals surface area contributed by atoms with E-state index in [0.717, 1.165) is 39.9 Å². The highest BCUT2D eigenvalue weighted by atomic mass is 16.5. The monoisotopic (exact) mass is 714 g/mol. The van der Waals surface area contributed by atoms with Crippen LogP contribution < -0.4 is 30.9 Å². The topological polar surface area (TPSA) is 15.7 Å². The molecule has 2 aliphatic heterocycles. The summed E-state index contributed by atoms with van der Waals surface area (Å²) in [4.78, 5) is 4.77. The van der Waals surface area contributed by atoms with E-state index in [2.05, 4.69) is 222 Å². The lowest BCUT2D eigenvalue weighted by atomic mass is 9.33. The first-order valence-electron chi connectivity index (χ1n) is 19.2. The van der Waals surface area contributed by atoms with Crippen molar-refractivity contribution in [2.24, 2.45) is 0 Å². The molecule has 0 atom stereocenters. The summed E-state index contributed by atoms with van der Waals surface area (Å²) in [6.07, 6.45) is 0. The van der Waals surface area contributed by atoms with Crippen LogP contribution >= 0.6 is 0 Å². The maximum absolute atomic E-state index is 7.13. The summed E-state index contributed by atoms with van der Waals surface area (Å²) in [6, 6.07) is 76.1. The van der Waals surface area contributed by atoms with Crippen LogP contribution in [-0.2, 0) is 0 Å². The molecule has 262 valence electrons. The largest absolute Gasteiger partial charge is 0.458 e. The van der Waals surface area contributed by atoms with Crippen molar-refractivity contribution in [1.82, 2.24) is 0 Å². The van der Waals surface area contributed by atoms with E-state index in [0.29, 0.717) is 0 Å². The molecule has 2 heterocycles. The van der Waals surface area contributed by atoms with E-state index in [1.165, 1.54) is 55.1 Å². The molecule has 0 saturated heterocycles. The van der Waals surface area contributed by atoms with E-state index < -0.39 is 0 Å². The van der Waals surface area contributed by atoms with Gasteiger partial charge in [-0.1, -0.05) is 152 Å². The van der Waals surface area contributed by atoms with Crippen LogP contribution in [0.15, 0.2) is 212 Å². The molecule has 2 aliphatic rings. The molecule has 0 fully saturated rings. The molecule has 3 nitrogen and oxygen atoms in total. The number of ether oxygens (including phenoxy) is 1. The fourth-order valence-corrected chi connectivity index (χ4v) is 8.82. The Bertz CT molecular complexity index is 2840. The summed E-state index contributed by atoms with van der Waals surface area (Å²) in [7, 11) is 0. The molecule has 0 aliphatic carbocycles. The second kappa shape index (κ2) is 13.2. The summed E-state index contributed by atoms with van der Waals surface area (Å²) in [5.74, 6) is 1.76. The van der Waals surface area contributed by atoms with E-state index in [1.807, 2.05) is 0 Å². The van der Waals surface area contributed by atoms with Crippen LogP contribution in [0.3, 0.4) is 0 Å². The van der Waals surface area contributed by atoms with Gasteiger partial charge < -0.3 is 14.5 Å². The van der Waals surface area contributed by atoms with Crippen molar-refractivity contribution in [3.05, 3.63) is 212 Å². The summed E-state index contributed by atoms with van der Waals surface area (Å²) in [5, 5.41) is 2.35. The first kappa shape index (κ1) is 32.2. The standard InChI is InChI=1S/C52H35BN2O/c1-5-16-36(17-6-1)38-28-31-42(32-29-38)55-46-33-30-39(37-18-7-2-8-19-37)34-45(46)53-51-44-25-14-13-24-43(44)48(35-50(51)56-49-27-15-26-47(55)52(49)53)54(40-20-9-3-10-21-40)41-22-11-4-12-23-41/h1-35H. The number of anilines is 6. The Morgan fingerprint density at radius 1 is 0.393 bits per heavy atom. The van der Waals surface area contributed by atoms with Crippen LogP contribution in [0, 0.1) is 0 Å². The van der Waals surface area contributed by atoms with E-state index in [4.69, 9.17) is 4.74 Å². The Morgan fingerprint density at radius 3 is 1.61 bits per heavy atom. The third kappa shape index (κ3) is 5.22. The summed E-state index contributed by atoms with van der Waals surface area (Å²) in [5.41, 5.74) is 15.1. The molecule has 9 aromatic rings. The molecule has 0 N–H and O–H groups in total. The highest BCUT2D eigenvalue weighted by Crippen LogP contribution is 2.46. The predicted octanol–water partition coefficient (Wildman–Crippen LogP) is 12.0. The highest BCUT2D eigenvalue weighted by Gasteiger charge is 2.43. The Morgan fingerprint density at radius 2 is 0.946 bits per heavy atom. The lowest BCUT2D eigenvalue weighted by Crippen LogP contribution is -2.59. The summed E-state index contributed by atoms with van der Waals surface area (Å²) in [6.45, 7) is -0.0655. The van der Waals surface area contributed by atoms with Gasteiger partial charge in [0.05, 0.1) is 5.69 Å². The molecule has 4 heteroatoms. The van der Waals surface area contributed by atoms with Crippen LogP contribution in [0.2, 0.25) is 0 Å². The maximum atomic E-state index is 7.13. The molecule has 0 saturated carbocycles. The number of hydrogen-bond acceptors (Lipinski definition) is 3. The van der Waals surface area contributed by atoms with E-state index >= 15 is 0 Å². The number of hydrogen-bond donors (Lipinski definition) is 0. The number of fused-ring (bicyclic) bond motifs is 6. The van der Waals surface area contributed by atoms with Crippen molar-refractivity contribution >= 4 is 68.0 Å². The van der Waals surface area contributed by atoms with Crippen LogP contribution in [0.5, 0.6) is 11.5 Å². The zero-order valence-electron chi connectivity index (χ0n) is 30.6. The van der Waals surface area contributed by atoms with Gasteiger partial charge in [0.25, 0.3) is 6.71 Å². The number of rotatable bonds is 6. The molecule has 56 heavy (non-hydrogen) atoms. The molecule has 0 radical (unpaired) electrons. The minimum Gasteiger partial charge on any atom is -0.458 e. The third-order valence-corrected chi connectivity index (χ3v) is 11.3. The molecule has 0 spiro atoms. The smallest absolute Gasteiger partial charge is 0.257 e. The number of para-hydroxylation sites is 2. The van der Waals surface area contributed by atoms with Gasteiger partial charge in [-0.05, 0) is 98.6 Å². The lowest BCUT2D eigenvalue weighted by Gasteiger charge is -2.41. The first-order valence-corrected chi connectivity index (χ1v) is 19.2. The average Bonchev–Trinajstić information content (AvgIpc) is 3.28. The van der Waals surface area contributed by atoms with Crippen molar-refractivity contribution in [3.63, 3.8) is 0 Å². The predicted molar refractivity (Wildman–Crippen MR) is 235 cm³/mol. The van der Waals surface area contributed by atoms with Crippen molar-refractivity contribution in [3.8, 4) is 33.8 Å². The number of nitrogens with zero attached hydrogens (tertiary/aromatic N) is 2. The van der Waals surface area contributed by atoms with Gasteiger partial charge in [-0.2, -0.15) is 0 Å². The molecule has 0 aromatic heterocycles. The van der Waals surface area contributed by atoms with Gasteiger partial charge in [-0.25, -0.2) is 0 Å². The molecule has 0 unspecified atom stereocenters. The van der Waals surface area contributed by atoms with Crippen LogP contribution in [-0.4, -0.2) is 6.71 Å². The van der Waals surface area contributed by atoms with Gasteiger partial charge in [0.15, 0.2) is 0 Å². The van der Waals surface area contributed by atoms with Crippen molar-refractivity contribution < 1.29 is 4.74 Å². The molecule has 0 amide bonds. The van der Waals surface area contributed by atoms with Gasteiger partial charge in [-0.15, -0.1) is 0 Å². The van der Waals surface area contributed by atoms with E-state index in [9.17, 15) is 0 Å². The molecule has 9 aromatic carbocycles. The quantitative estimate of drug-likeness (QED) is 0.160. The van der Waals surface area contributed by atoms with Crippen molar-refractivity contribution in [2.45, 2.75) is 0 Å². The Hall–Kier alpha value is -7.30. The van der Waals surface area contributed by atoms with E-state index in [1.54, 1.807) is 0 Å². The fourth-order valence-electron chi connectivity index (χ4n) is 8.82. The van der Waals surface area contributed by atoms with Crippen molar-refractivity contribution in [1.29, 1.82) is 0 Å². The Labute approximate surface area is 327 Å². The van der Waals surface area contributed by atoms with E-state index in [-0.39, 0.29) is 6.71 Å². The van der Waals surface area contributed by atoms with Crippen LogP contribution in [0.4, 0.5) is 34.1 Å². The minimum atomic E-state index is -0.0655. The highest BCUT2D eigenvalue weighted by molar-refractivity contribution is 7.00. The molecular formula is C52H35BN2O. The van der Waals surface area contributed by atoms with Gasteiger partial charge in [0.2, 0.25) is 0 Å². The second-order valence-electron chi connectivity index (χ2n) is 14.5. The Kier molecular flexibility index (Phi) is 7.60. The second-order valence-corrected chi connectivity index (χ2v) is 14.5. The van der Waals surface area contributed by atoms with Gasteiger partial charge >= 0.3 is 0 Å². The van der Waals surface area contributed by atoms with Crippen LogP contribution in [0.25, 0.3) is 33.0 Å².